The minimum Gasteiger partial charge on any atom is -0.348 e. The van der Waals surface area contributed by atoms with Gasteiger partial charge in [-0.25, -0.2) is 4.52 Å². The zero-order chi connectivity index (χ0) is 11.1. The highest BCUT2D eigenvalue weighted by Crippen LogP contribution is 2.19. The quantitative estimate of drug-likeness (QED) is 0.714. The Morgan fingerprint density at radius 2 is 2.38 bits per heavy atom. The van der Waals surface area contributed by atoms with Gasteiger partial charge in [0.05, 0.1) is 23.5 Å². The lowest BCUT2D eigenvalue weighted by atomic mass is 10.3. The van der Waals surface area contributed by atoms with Gasteiger partial charge in [0.25, 0.3) is 5.91 Å². The van der Waals surface area contributed by atoms with Crippen LogP contribution in [0.1, 0.15) is 16.8 Å². The molecule has 0 bridgehead atoms. The minimum absolute atomic E-state index is 0.101. The van der Waals surface area contributed by atoms with Gasteiger partial charge < -0.3 is 11.1 Å². The van der Waals surface area contributed by atoms with Gasteiger partial charge in [0, 0.05) is 24.5 Å². The summed E-state index contributed by atoms with van der Waals surface area (Å²) in [5, 5.41) is 6.92. The summed E-state index contributed by atoms with van der Waals surface area (Å²) in [6.07, 6.45) is 7.34. The highest BCUT2D eigenvalue weighted by molar-refractivity contribution is 6.00. The summed E-state index contributed by atoms with van der Waals surface area (Å²) in [6, 6.07) is 0.211. The van der Waals surface area contributed by atoms with Crippen molar-refractivity contribution in [3.05, 3.63) is 30.4 Å². The summed E-state index contributed by atoms with van der Waals surface area (Å²) in [6.45, 7) is 0. The fourth-order valence-electron chi connectivity index (χ4n) is 1.64. The lowest BCUT2D eigenvalue weighted by Crippen LogP contribution is -2.29. The van der Waals surface area contributed by atoms with E-state index in [1.807, 2.05) is 0 Å². The van der Waals surface area contributed by atoms with Crippen LogP contribution in [0.3, 0.4) is 0 Å². The molecule has 6 heteroatoms. The largest absolute Gasteiger partial charge is 0.348 e. The molecule has 0 spiro atoms. The number of fused-ring (bicyclic) bond motifs is 1. The Kier molecular flexibility index (Phi) is 1.90. The third-order valence-corrected chi connectivity index (χ3v) is 2.73. The number of hydrogen-bond acceptors (Lipinski definition) is 4. The molecule has 2 aromatic rings. The molecule has 2 atom stereocenters. The van der Waals surface area contributed by atoms with Gasteiger partial charge in [0.1, 0.15) is 0 Å². The summed E-state index contributed by atoms with van der Waals surface area (Å²) in [7, 11) is 0. The maximum Gasteiger partial charge on any atom is 0.255 e. The molecular weight excluding hydrogens is 206 g/mol. The van der Waals surface area contributed by atoms with Crippen molar-refractivity contribution in [1.29, 1.82) is 0 Å². The van der Waals surface area contributed by atoms with E-state index < -0.39 is 0 Å². The van der Waals surface area contributed by atoms with E-state index in [2.05, 4.69) is 15.4 Å². The molecule has 82 valence electrons. The van der Waals surface area contributed by atoms with Gasteiger partial charge in [-0.1, -0.05) is 0 Å². The summed E-state index contributed by atoms with van der Waals surface area (Å²) in [5.74, 6) is -0.138. The summed E-state index contributed by atoms with van der Waals surface area (Å²) in [5.41, 5.74) is 6.87. The Morgan fingerprint density at radius 3 is 3.12 bits per heavy atom. The number of nitrogens with two attached hydrogens (primary N) is 1. The summed E-state index contributed by atoms with van der Waals surface area (Å²) < 4.78 is 1.62. The smallest absolute Gasteiger partial charge is 0.255 e. The van der Waals surface area contributed by atoms with Crippen molar-refractivity contribution in [1.82, 2.24) is 19.9 Å². The van der Waals surface area contributed by atoms with Crippen LogP contribution in [0.25, 0.3) is 5.52 Å². The van der Waals surface area contributed by atoms with Gasteiger partial charge in [-0.2, -0.15) is 5.10 Å². The molecule has 1 amide bonds. The number of carbonyl (C=O) groups is 1. The third-order valence-electron chi connectivity index (χ3n) is 2.73. The zero-order valence-electron chi connectivity index (χ0n) is 8.50. The van der Waals surface area contributed by atoms with E-state index >= 15 is 0 Å². The Hall–Kier alpha value is -1.95. The number of amides is 1. The van der Waals surface area contributed by atoms with Crippen LogP contribution in [-0.4, -0.2) is 32.6 Å². The number of rotatable bonds is 2. The number of carbonyl (C=O) groups excluding carboxylic acids is 1. The van der Waals surface area contributed by atoms with E-state index in [4.69, 9.17) is 5.73 Å². The topological polar surface area (TPSA) is 85.3 Å². The predicted molar refractivity (Wildman–Crippen MR) is 56.8 cm³/mol. The molecule has 1 aliphatic carbocycles. The highest BCUT2D eigenvalue weighted by Gasteiger charge is 2.35. The number of nitrogens with one attached hydrogen (secondary N) is 1. The summed E-state index contributed by atoms with van der Waals surface area (Å²) >= 11 is 0. The molecule has 16 heavy (non-hydrogen) atoms. The molecule has 3 N–H and O–H groups in total. The molecule has 2 unspecified atom stereocenters. The van der Waals surface area contributed by atoms with Crippen LogP contribution in [-0.2, 0) is 0 Å². The molecule has 0 saturated heterocycles. The van der Waals surface area contributed by atoms with E-state index in [1.165, 1.54) is 0 Å². The second-order valence-electron chi connectivity index (χ2n) is 3.94. The summed E-state index contributed by atoms with van der Waals surface area (Å²) in [4.78, 5) is 15.8. The van der Waals surface area contributed by atoms with Gasteiger partial charge in [0.15, 0.2) is 0 Å². The minimum atomic E-state index is -0.138. The van der Waals surface area contributed by atoms with Crippen LogP contribution in [0.2, 0.25) is 0 Å². The van der Waals surface area contributed by atoms with Crippen LogP contribution >= 0.6 is 0 Å². The van der Waals surface area contributed by atoms with Crippen molar-refractivity contribution < 1.29 is 4.79 Å². The van der Waals surface area contributed by atoms with E-state index in [-0.39, 0.29) is 18.0 Å². The maximum atomic E-state index is 11.9. The molecule has 0 radical (unpaired) electrons. The predicted octanol–water partition coefficient (Wildman–Crippen LogP) is -0.441. The van der Waals surface area contributed by atoms with Gasteiger partial charge in [-0.3, -0.25) is 9.78 Å². The molecule has 3 rings (SSSR count). The van der Waals surface area contributed by atoms with Gasteiger partial charge >= 0.3 is 0 Å². The van der Waals surface area contributed by atoms with E-state index in [0.29, 0.717) is 11.1 Å². The Labute approximate surface area is 91.5 Å². The molecule has 6 nitrogen and oxygen atoms in total. The van der Waals surface area contributed by atoms with E-state index in [9.17, 15) is 4.79 Å². The number of nitrogens with zero attached hydrogens (tertiary/aromatic N) is 3. The Bertz CT molecular complexity index is 549. The van der Waals surface area contributed by atoms with Crippen molar-refractivity contribution in [2.75, 3.05) is 0 Å². The van der Waals surface area contributed by atoms with Crippen LogP contribution in [0.15, 0.2) is 24.8 Å². The van der Waals surface area contributed by atoms with Crippen molar-refractivity contribution in [3.8, 4) is 0 Å². The first-order valence-corrected chi connectivity index (χ1v) is 5.09. The monoisotopic (exact) mass is 217 g/mol. The van der Waals surface area contributed by atoms with Gasteiger partial charge in [-0.05, 0) is 6.42 Å². The fraction of sp³-hybridized carbons (Fsp3) is 0.300. The molecule has 1 fully saturated rings. The maximum absolute atomic E-state index is 11.9. The van der Waals surface area contributed by atoms with Crippen molar-refractivity contribution >= 4 is 11.4 Å². The zero-order valence-corrected chi connectivity index (χ0v) is 8.50. The molecule has 0 aromatic carbocycles. The van der Waals surface area contributed by atoms with Gasteiger partial charge in [-0.15, -0.1) is 0 Å². The highest BCUT2D eigenvalue weighted by atomic mass is 16.1. The average molecular weight is 217 g/mol. The molecule has 0 aliphatic heterocycles. The second kappa shape index (κ2) is 3.28. The number of aromatic nitrogens is 3. The fourth-order valence-corrected chi connectivity index (χ4v) is 1.64. The molecule has 2 aromatic heterocycles. The first kappa shape index (κ1) is 9.29. The SMILES string of the molecule is NC1CC1NC(=O)c1cnn2ccncc12. The lowest BCUT2D eigenvalue weighted by Gasteiger charge is -2.01. The van der Waals surface area contributed by atoms with Gasteiger partial charge in [0.2, 0.25) is 0 Å². The Balaban J connectivity index is 1.90. The van der Waals surface area contributed by atoms with Crippen LogP contribution < -0.4 is 11.1 Å². The van der Waals surface area contributed by atoms with E-state index in [0.717, 1.165) is 6.42 Å². The second-order valence-corrected chi connectivity index (χ2v) is 3.94. The average Bonchev–Trinajstić information content (AvgIpc) is 2.82. The molecular formula is C10H11N5O. The number of hydrogen-bond donors (Lipinski definition) is 2. The van der Waals surface area contributed by atoms with Crippen LogP contribution in [0.4, 0.5) is 0 Å². The van der Waals surface area contributed by atoms with Crippen molar-refractivity contribution in [2.45, 2.75) is 18.5 Å². The van der Waals surface area contributed by atoms with Crippen LogP contribution in [0.5, 0.6) is 0 Å². The van der Waals surface area contributed by atoms with Crippen molar-refractivity contribution in [3.63, 3.8) is 0 Å². The van der Waals surface area contributed by atoms with E-state index in [1.54, 1.807) is 29.3 Å². The first-order chi connectivity index (χ1) is 7.75. The lowest BCUT2D eigenvalue weighted by molar-refractivity contribution is 0.0952. The normalized spacial score (nSPS) is 23.3. The van der Waals surface area contributed by atoms with Crippen molar-refractivity contribution in [2.24, 2.45) is 5.73 Å². The standard InChI is InChI=1S/C10H11N5O/c11-7-3-8(7)14-10(16)6-4-13-15-2-1-12-5-9(6)15/h1-2,4-5,7-8H,3,11H2,(H,14,16). The Morgan fingerprint density at radius 1 is 1.56 bits per heavy atom. The van der Waals surface area contributed by atoms with Crippen LogP contribution in [0, 0.1) is 0 Å². The molecule has 2 heterocycles. The first-order valence-electron chi connectivity index (χ1n) is 5.09. The third kappa shape index (κ3) is 1.43. The molecule has 1 aliphatic rings. The molecule has 1 saturated carbocycles.